The topological polar surface area (TPSA) is 20.3 Å². The first kappa shape index (κ1) is 19.4. The van der Waals surface area contributed by atoms with Crippen LogP contribution in [-0.4, -0.2) is 17.3 Å². The van der Waals surface area contributed by atoms with E-state index in [1.54, 1.807) is 0 Å². The summed E-state index contributed by atoms with van der Waals surface area (Å²) in [6.45, 7) is 5.49. The first-order valence-electron chi connectivity index (χ1n) is 10.1. The Morgan fingerprint density at radius 3 is 2.04 bits per heavy atom. The molecule has 26 heavy (non-hydrogen) atoms. The van der Waals surface area contributed by atoms with Crippen LogP contribution in [0.5, 0.6) is 0 Å². The van der Waals surface area contributed by atoms with Gasteiger partial charge in [0.05, 0.1) is 0 Å². The summed E-state index contributed by atoms with van der Waals surface area (Å²) in [6.07, 6.45) is 7.42. The van der Waals surface area contributed by atoms with E-state index >= 15 is 0 Å². The Balaban J connectivity index is 1.94. The van der Waals surface area contributed by atoms with Gasteiger partial charge in [-0.3, -0.25) is 4.57 Å². The summed E-state index contributed by atoms with van der Waals surface area (Å²) >= 11 is 0. The maximum absolute atomic E-state index is 14.6. The Labute approximate surface area is 159 Å². The molecule has 1 heterocycles. The van der Waals surface area contributed by atoms with Gasteiger partial charge in [0, 0.05) is 23.2 Å². The van der Waals surface area contributed by atoms with Gasteiger partial charge in [-0.15, -0.1) is 0 Å². The molecule has 1 saturated heterocycles. The highest BCUT2D eigenvalue weighted by Crippen LogP contribution is 2.53. The lowest BCUT2D eigenvalue weighted by atomic mass is 10.0. The van der Waals surface area contributed by atoms with Gasteiger partial charge >= 0.3 is 0 Å². The van der Waals surface area contributed by atoms with E-state index in [4.69, 9.17) is 0 Å². The molecule has 1 aliphatic heterocycles. The van der Waals surface area contributed by atoms with E-state index in [0.717, 1.165) is 30.0 Å². The van der Waals surface area contributed by atoms with Crippen molar-refractivity contribution < 1.29 is 4.57 Å². The molecule has 2 aromatic rings. The highest BCUT2D eigenvalue weighted by atomic mass is 31.2. The molecule has 2 aromatic carbocycles. The molecule has 0 radical (unpaired) electrons. The Bertz CT molecular complexity index is 672. The third-order valence-corrected chi connectivity index (χ3v) is 8.77. The Kier molecular flexibility index (Phi) is 6.73. The zero-order valence-corrected chi connectivity index (χ0v) is 17.1. The molecular formula is C23H32NOP. The molecule has 2 atom stereocenters. The third-order valence-electron chi connectivity index (χ3n) is 5.56. The van der Waals surface area contributed by atoms with Gasteiger partial charge in [0.15, 0.2) is 0 Å². The summed E-state index contributed by atoms with van der Waals surface area (Å²) in [6, 6.07) is 20.7. The molecular weight excluding hydrogens is 337 g/mol. The van der Waals surface area contributed by atoms with E-state index in [9.17, 15) is 4.57 Å². The Morgan fingerprint density at radius 2 is 1.50 bits per heavy atom. The second-order valence-electron chi connectivity index (χ2n) is 7.71. The number of benzene rings is 2. The largest absolute Gasteiger partial charge is 0.296 e. The fraction of sp³-hybridized carbons (Fsp3) is 0.478. The average molecular weight is 369 g/mol. The van der Waals surface area contributed by atoms with Crippen molar-refractivity contribution in [2.24, 2.45) is 5.92 Å². The van der Waals surface area contributed by atoms with E-state index in [1.807, 2.05) is 60.7 Å². The molecule has 0 unspecified atom stereocenters. The first-order valence-corrected chi connectivity index (χ1v) is 11.8. The van der Waals surface area contributed by atoms with Crippen LogP contribution >= 0.6 is 7.29 Å². The van der Waals surface area contributed by atoms with Crippen LogP contribution in [0.1, 0.15) is 52.4 Å². The fourth-order valence-corrected chi connectivity index (χ4v) is 7.48. The van der Waals surface area contributed by atoms with Crippen LogP contribution in [0.25, 0.3) is 0 Å². The van der Waals surface area contributed by atoms with E-state index in [-0.39, 0.29) is 0 Å². The van der Waals surface area contributed by atoms with Gasteiger partial charge in [-0.05, 0) is 43.0 Å². The second kappa shape index (κ2) is 9.02. The summed E-state index contributed by atoms with van der Waals surface area (Å²) in [7, 11) is -2.79. The lowest BCUT2D eigenvalue weighted by Gasteiger charge is -2.34. The number of hydrogen-bond donors (Lipinski definition) is 0. The SMILES string of the molecule is CCCCCC[C@H]1C[C@H](C)CN1P(=O)(c1ccccc1)c1ccccc1. The van der Waals surface area contributed by atoms with Crippen LogP contribution in [0.3, 0.4) is 0 Å². The van der Waals surface area contributed by atoms with Crippen molar-refractivity contribution in [3.05, 3.63) is 60.7 Å². The molecule has 1 aliphatic rings. The van der Waals surface area contributed by atoms with E-state index in [1.165, 1.54) is 25.7 Å². The van der Waals surface area contributed by atoms with Gasteiger partial charge in [0.25, 0.3) is 0 Å². The molecule has 140 valence electrons. The Morgan fingerprint density at radius 1 is 0.923 bits per heavy atom. The van der Waals surface area contributed by atoms with Gasteiger partial charge in [0.2, 0.25) is 7.29 Å². The van der Waals surface area contributed by atoms with Crippen molar-refractivity contribution in [3.8, 4) is 0 Å². The molecule has 3 rings (SSSR count). The minimum absolute atomic E-state index is 0.424. The lowest BCUT2D eigenvalue weighted by molar-refractivity contribution is 0.366. The van der Waals surface area contributed by atoms with Crippen LogP contribution in [0, 0.1) is 5.92 Å². The van der Waals surface area contributed by atoms with E-state index < -0.39 is 7.29 Å². The van der Waals surface area contributed by atoms with Crippen molar-refractivity contribution in [2.45, 2.75) is 58.4 Å². The van der Waals surface area contributed by atoms with Crippen molar-refractivity contribution in [1.82, 2.24) is 4.67 Å². The van der Waals surface area contributed by atoms with Crippen molar-refractivity contribution in [2.75, 3.05) is 6.54 Å². The molecule has 2 nitrogen and oxygen atoms in total. The smallest absolute Gasteiger partial charge is 0.207 e. The fourth-order valence-electron chi connectivity index (χ4n) is 4.25. The van der Waals surface area contributed by atoms with Gasteiger partial charge < -0.3 is 0 Å². The maximum atomic E-state index is 14.6. The molecule has 0 aliphatic carbocycles. The second-order valence-corrected chi connectivity index (χ2v) is 10.4. The summed E-state index contributed by atoms with van der Waals surface area (Å²) < 4.78 is 17.0. The van der Waals surface area contributed by atoms with Gasteiger partial charge in [-0.1, -0.05) is 75.9 Å². The summed E-state index contributed by atoms with van der Waals surface area (Å²) in [5, 5.41) is 1.94. The van der Waals surface area contributed by atoms with Crippen LogP contribution in [0.15, 0.2) is 60.7 Å². The molecule has 0 aromatic heterocycles. The minimum Gasteiger partial charge on any atom is -0.296 e. The van der Waals surface area contributed by atoms with Crippen molar-refractivity contribution >= 4 is 17.9 Å². The number of unbranched alkanes of at least 4 members (excludes halogenated alkanes) is 3. The van der Waals surface area contributed by atoms with Crippen LogP contribution in [-0.2, 0) is 4.57 Å². The minimum atomic E-state index is -2.79. The predicted molar refractivity (Wildman–Crippen MR) is 113 cm³/mol. The number of hydrogen-bond acceptors (Lipinski definition) is 1. The van der Waals surface area contributed by atoms with Crippen molar-refractivity contribution in [3.63, 3.8) is 0 Å². The molecule has 0 saturated carbocycles. The molecule has 1 fully saturated rings. The molecule has 3 heteroatoms. The maximum Gasteiger partial charge on any atom is 0.207 e. The monoisotopic (exact) mass is 369 g/mol. The molecule has 0 amide bonds. The summed E-state index contributed by atoms with van der Waals surface area (Å²) in [4.78, 5) is 0. The zero-order chi connectivity index (χ0) is 18.4. The standard InChI is InChI=1S/C23H32NOP/c1-3-4-5-8-13-21-18-20(2)19-24(21)26(25,22-14-9-6-10-15-22)23-16-11-7-12-17-23/h6-7,9-12,14-17,20-21H,3-5,8,13,18-19H2,1-2H3/t20-,21-/m0/s1. The normalized spacial score (nSPS) is 21.2. The van der Waals surface area contributed by atoms with Crippen LogP contribution in [0.2, 0.25) is 0 Å². The number of rotatable bonds is 8. The van der Waals surface area contributed by atoms with Crippen LogP contribution in [0.4, 0.5) is 0 Å². The summed E-state index contributed by atoms with van der Waals surface area (Å²) in [5.41, 5.74) is 0. The van der Waals surface area contributed by atoms with E-state index in [0.29, 0.717) is 12.0 Å². The molecule has 0 N–H and O–H groups in total. The highest BCUT2D eigenvalue weighted by Gasteiger charge is 2.43. The van der Waals surface area contributed by atoms with Crippen molar-refractivity contribution in [1.29, 1.82) is 0 Å². The first-order chi connectivity index (χ1) is 12.7. The van der Waals surface area contributed by atoms with E-state index in [2.05, 4.69) is 18.5 Å². The zero-order valence-electron chi connectivity index (χ0n) is 16.2. The molecule has 0 bridgehead atoms. The number of nitrogens with zero attached hydrogens (tertiary/aromatic N) is 1. The van der Waals surface area contributed by atoms with Crippen LogP contribution < -0.4 is 10.6 Å². The predicted octanol–water partition coefficient (Wildman–Crippen LogP) is 5.60. The summed E-state index contributed by atoms with van der Waals surface area (Å²) in [5.74, 6) is 0.604. The average Bonchev–Trinajstić information content (AvgIpc) is 3.07. The quantitative estimate of drug-likeness (QED) is 0.446. The van der Waals surface area contributed by atoms with Gasteiger partial charge in [0.1, 0.15) is 0 Å². The highest BCUT2D eigenvalue weighted by molar-refractivity contribution is 7.76. The van der Waals surface area contributed by atoms with Gasteiger partial charge in [-0.25, -0.2) is 4.67 Å². The Hall–Kier alpha value is -1.37. The van der Waals surface area contributed by atoms with Gasteiger partial charge in [-0.2, -0.15) is 0 Å². The molecule has 0 spiro atoms. The lowest BCUT2D eigenvalue weighted by Crippen LogP contribution is -2.36. The third kappa shape index (κ3) is 4.13.